The van der Waals surface area contributed by atoms with Crippen LogP contribution in [0.15, 0.2) is 16.8 Å². The summed E-state index contributed by atoms with van der Waals surface area (Å²) in [4.78, 5) is 4.26. The van der Waals surface area contributed by atoms with Crippen molar-refractivity contribution in [1.29, 1.82) is 0 Å². The number of anilines is 1. The Morgan fingerprint density at radius 3 is 3.13 bits per heavy atom. The lowest BCUT2D eigenvalue weighted by Crippen LogP contribution is -2.25. The van der Waals surface area contributed by atoms with Crippen LogP contribution >= 0.6 is 0 Å². The maximum atomic E-state index is 5.55. The number of aryl methyl sites for hydroxylation is 1. The first kappa shape index (κ1) is 9.92. The predicted octanol–water partition coefficient (Wildman–Crippen LogP) is 1.29. The molecule has 0 aromatic carbocycles. The van der Waals surface area contributed by atoms with Crippen molar-refractivity contribution < 1.29 is 4.52 Å². The number of hydrogen-bond donors (Lipinski definition) is 2. The van der Waals surface area contributed by atoms with Gasteiger partial charge in [-0.25, -0.2) is 4.98 Å². The Hall–Kier alpha value is -1.62. The fraction of sp³-hybridized carbons (Fsp3) is 0.400. The average molecular weight is 206 g/mol. The third-order valence-corrected chi connectivity index (χ3v) is 2.29. The van der Waals surface area contributed by atoms with Gasteiger partial charge in [0.15, 0.2) is 5.58 Å². The molecule has 1 unspecified atom stereocenters. The number of aromatic nitrogens is 2. The normalized spacial score (nSPS) is 13.0. The second-order valence-corrected chi connectivity index (χ2v) is 3.58. The second kappa shape index (κ2) is 3.86. The summed E-state index contributed by atoms with van der Waals surface area (Å²) in [6.07, 6.45) is 1.69. The molecule has 0 amide bonds. The van der Waals surface area contributed by atoms with Crippen LogP contribution in [-0.2, 0) is 0 Å². The van der Waals surface area contributed by atoms with E-state index in [1.54, 1.807) is 12.3 Å². The van der Waals surface area contributed by atoms with E-state index in [0.29, 0.717) is 6.54 Å². The zero-order valence-electron chi connectivity index (χ0n) is 8.82. The molecule has 5 heteroatoms. The first-order valence-corrected chi connectivity index (χ1v) is 4.90. The summed E-state index contributed by atoms with van der Waals surface area (Å²) in [5.41, 5.74) is 7.13. The number of pyridine rings is 1. The lowest BCUT2D eigenvalue weighted by Gasteiger charge is -2.12. The predicted molar refractivity (Wildman–Crippen MR) is 58.7 cm³/mol. The van der Waals surface area contributed by atoms with Gasteiger partial charge in [0.2, 0.25) is 0 Å². The highest BCUT2D eigenvalue weighted by Crippen LogP contribution is 2.24. The van der Waals surface area contributed by atoms with E-state index in [1.807, 2.05) is 13.8 Å². The van der Waals surface area contributed by atoms with Crippen LogP contribution in [0.2, 0.25) is 0 Å². The van der Waals surface area contributed by atoms with E-state index in [2.05, 4.69) is 15.5 Å². The van der Waals surface area contributed by atoms with Gasteiger partial charge in [-0.2, -0.15) is 0 Å². The van der Waals surface area contributed by atoms with Crippen molar-refractivity contribution in [3.8, 4) is 0 Å². The number of fused-ring (bicyclic) bond motifs is 1. The van der Waals surface area contributed by atoms with Crippen molar-refractivity contribution in [2.45, 2.75) is 19.9 Å². The summed E-state index contributed by atoms with van der Waals surface area (Å²) in [7, 11) is 0. The maximum Gasteiger partial charge on any atom is 0.172 e. The van der Waals surface area contributed by atoms with Gasteiger partial charge in [-0.15, -0.1) is 0 Å². The zero-order valence-corrected chi connectivity index (χ0v) is 8.82. The Balaban J connectivity index is 2.45. The highest BCUT2D eigenvalue weighted by atomic mass is 16.5. The van der Waals surface area contributed by atoms with Crippen LogP contribution in [0.1, 0.15) is 12.6 Å². The highest BCUT2D eigenvalue weighted by Gasteiger charge is 2.11. The van der Waals surface area contributed by atoms with E-state index >= 15 is 0 Å². The summed E-state index contributed by atoms with van der Waals surface area (Å²) in [6, 6.07) is 1.98. The molecule has 0 saturated carbocycles. The Morgan fingerprint density at radius 2 is 2.40 bits per heavy atom. The molecule has 3 N–H and O–H groups in total. The SMILES string of the molecule is Cc1noc2ccnc(NC(C)CN)c12. The lowest BCUT2D eigenvalue weighted by atomic mass is 10.2. The Bertz CT molecular complexity index is 465. The molecule has 0 radical (unpaired) electrons. The molecule has 0 aliphatic rings. The molecule has 15 heavy (non-hydrogen) atoms. The van der Waals surface area contributed by atoms with Crippen LogP contribution in [0.25, 0.3) is 11.0 Å². The topological polar surface area (TPSA) is 77.0 Å². The minimum Gasteiger partial charge on any atom is -0.366 e. The van der Waals surface area contributed by atoms with Gasteiger partial charge in [0.25, 0.3) is 0 Å². The van der Waals surface area contributed by atoms with E-state index in [1.165, 1.54) is 0 Å². The molecule has 0 aliphatic heterocycles. The highest BCUT2D eigenvalue weighted by molar-refractivity contribution is 5.89. The Kier molecular flexibility index (Phi) is 2.55. The van der Waals surface area contributed by atoms with E-state index in [0.717, 1.165) is 22.5 Å². The molecule has 2 aromatic heterocycles. The van der Waals surface area contributed by atoms with E-state index in [9.17, 15) is 0 Å². The Labute approximate surface area is 87.6 Å². The molecule has 0 aliphatic carbocycles. The maximum absolute atomic E-state index is 5.55. The first-order chi connectivity index (χ1) is 7.22. The summed E-state index contributed by atoms with van der Waals surface area (Å²) in [5, 5.41) is 8.06. The number of nitrogens with two attached hydrogens (primary N) is 1. The minimum absolute atomic E-state index is 0.178. The standard InChI is InChI=1S/C10H14N4O/c1-6(5-11)13-10-9-7(2)14-15-8(9)3-4-12-10/h3-4,6H,5,11H2,1-2H3,(H,12,13). The molecule has 0 bridgehead atoms. The van der Waals surface area contributed by atoms with Crippen LogP contribution < -0.4 is 11.1 Å². The molecule has 2 aromatic rings. The van der Waals surface area contributed by atoms with Gasteiger partial charge < -0.3 is 15.6 Å². The lowest BCUT2D eigenvalue weighted by molar-refractivity contribution is 0.450. The number of hydrogen-bond acceptors (Lipinski definition) is 5. The van der Waals surface area contributed by atoms with Gasteiger partial charge in [-0.05, 0) is 13.8 Å². The molecule has 2 rings (SSSR count). The van der Waals surface area contributed by atoms with Gasteiger partial charge in [0.1, 0.15) is 5.82 Å². The van der Waals surface area contributed by atoms with Gasteiger partial charge in [0.05, 0.1) is 11.1 Å². The fourth-order valence-electron chi connectivity index (χ4n) is 1.43. The molecule has 0 saturated heterocycles. The van der Waals surface area contributed by atoms with Gasteiger partial charge in [0, 0.05) is 24.8 Å². The summed E-state index contributed by atoms with van der Waals surface area (Å²) >= 11 is 0. The molecule has 0 spiro atoms. The number of rotatable bonds is 3. The fourth-order valence-corrected chi connectivity index (χ4v) is 1.43. The first-order valence-electron chi connectivity index (χ1n) is 4.90. The molecule has 2 heterocycles. The van der Waals surface area contributed by atoms with Crippen LogP contribution in [0.5, 0.6) is 0 Å². The molecule has 0 fully saturated rings. The second-order valence-electron chi connectivity index (χ2n) is 3.58. The summed E-state index contributed by atoms with van der Waals surface area (Å²) in [6.45, 7) is 4.46. The molecule has 80 valence electrons. The quantitative estimate of drug-likeness (QED) is 0.791. The third kappa shape index (κ3) is 1.78. The van der Waals surface area contributed by atoms with Gasteiger partial charge >= 0.3 is 0 Å². The minimum atomic E-state index is 0.178. The Morgan fingerprint density at radius 1 is 1.60 bits per heavy atom. The smallest absolute Gasteiger partial charge is 0.172 e. The summed E-state index contributed by atoms with van der Waals surface area (Å²) < 4.78 is 5.14. The van der Waals surface area contributed by atoms with Crippen molar-refractivity contribution in [1.82, 2.24) is 10.1 Å². The van der Waals surface area contributed by atoms with E-state index in [4.69, 9.17) is 10.3 Å². The van der Waals surface area contributed by atoms with Crippen molar-refractivity contribution in [3.05, 3.63) is 18.0 Å². The molecule has 1 atom stereocenters. The van der Waals surface area contributed by atoms with E-state index in [-0.39, 0.29) is 6.04 Å². The molecule has 5 nitrogen and oxygen atoms in total. The van der Waals surface area contributed by atoms with Crippen molar-refractivity contribution in [3.63, 3.8) is 0 Å². The van der Waals surface area contributed by atoms with Crippen LogP contribution in [0.4, 0.5) is 5.82 Å². The average Bonchev–Trinajstić information content (AvgIpc) is 2.61. The van der Waals surface area contributed by atoms with Crippen LogP contribution in [0, 0.1) is 6.92 Å². The van der Waals surface area contributed by atoms with Crippen molar-refractivity contribution in [2.75, 3.05) is 11.9 Å². The summed E-state index contributed by atoms with van der Waals surface area (Å²) in [5.74, 6) is 0.782. The van der Waals surface area contributed by atoms with Crippen molar-refractivity contribution >= 4 is 16.8 Å². The van der Waals surface area contributed by atoms with Crippen molar-refractivity contribution in [2.24, 2.45) is 5.73 Å². The monoisotopic (exact) mass is 206 g/mol. The van der Waals surface area contributed by atoms with Crippen LogP contribution in [-0.4, -0.2) is 22.7 Å². The zero-order chi connectivity index (χ0) is 10.8. The molecular weight excluding hydrogens is 192 g/mol. The largest absolute Gasteiger partial charge is 0.366 e. The van der Waals surface area contributed by atoms with Crippen LogP contribution in [0.3, 0.4) is 0 Å². The number of nitrogens with one attached hydrogen (secondary N) is 1. The van der Waals surface area contributed by atoms with Gasteiger partial charge in [-0.1, -0.05) is 5.16 Å². The molecular formula is C10H14N4O. The third-order valence-electron chi connectivity index (χ3n) is 2.29. The number of nitrogens with zero attached hydrogens (tertiary/aromatic N) is 2. The van der Waals surface area contributed by atoms with E-state index < -0.39 is 0 Å². The van der Waals surface area contributed by atoms with Gasteiger partial charge in [-0.3, -0.25) is 0 Å².